The Kier molecular flexibility index (Phi) is 4.88. The van der Waals surface area contributed by atoms with Crippen LogP contribution in [0.5, 0.6) is 0 Å². The molecule has 0 radical (unpaired) electrons. The van der Waals surface area contributed by atoms with Crippen LogP contribution in [0.15, 0.2) is 30.3 Å². The van der Waals surface area contributed by atoms with Crippen LogP contribution < -0.4 is 0 Å². The maximum Gasteiger partial charge on any atom is 0.306 e. The van der Waals surface area contributed by atoms with Crippen molar-refractivity contribution in [2.24, 2.45) is 0 Å². The number of rotatable bonds is 5. The van der Waals surface area contributed by atoms with Crippen LogP contribution >= 0.6 is 0 Å². The third kappa shape index (κ3) is 3.74. The van der Waals surface area contributed by atoms with Crippen molar-refractivity contribution < 1.29 is 9.53 Å². The minimum absolute atomic E-state index is 0.104. The lowest BCUT2D eigenvalue weighted by Crippen LogP contribution is -2.09. The first kappa shape index (κ1) is 11.8. The van der Waals surface area contributed by atoms with Gasteiger partial charge in [0.25, 0.3) is 0 Å². The molecule has 1 unspecified atom stereocenters. The first-order valence-corrected chi connectivity index (χ1v) is 5.48. The average molecular weight is 206 g/mol. The van der Waals surface area contributed by atoms with E-state index < -0.39 is 0 Å². The van der Waals surface area contributed by atoms with E-state index in [9.17, 15) is 4.79 Å². The van der Waals surface area contributed by atoms with Crippen molar-refractivity contribution in [2.45, 2.75) is 32.6 Å². The smallest absolute Gasteiger partial charge is 0.306 e. The molecule has 0 saturated carbocycles. The Bertz CT molecular complexity index is 293. The van der Waals surface area contributed by atoms with Gasteiger partial charge in [-0.25, -0.2) is 0 Å². The summed E-state index contributed by atoms with van der Waals surface area (Å²) in [5.41, 5.74) is 1.22. The molecule has 0 amide bonds. The summed E-state index contributed by atoms with van der Waals surface area (Å²) in [6.45, 7) is 4.39. The fraction of sp³-hybridized carbons (Fsp3) is 0.462. The van der Waals surface area contributed by atoms with Gasteiger partial charge < -0.3 is 4.74 Å². The fourth-order valence-electron chi connectivity index (χ4n) is 1.64. The molecular formula is C13H18O2. The van der Waals surface area contributed by atoms with Gasteiger partial charge in [-0.05, 0) is 24.8 Å². The van der Waals surface area contributed by atoms with Crippen LogP contribution in [0.3, 0.4) is 0 Å². The monoisotopic (exact) mass is 206 g/mol. The lowest BCUT2D eigenvalue weighted by molar-refractivity contribution is -0.143. The van der Waals surface area contributed by atoms with E-state index in [1.54, 1.807) is 0 Å². The van der Waals surface area contributed by atoms with Gasteiger partial charge in [0.05, 0.1) is 13.0 Å². The molecule has 0 aliphatic rings. The Morgan fingerprint density at radius 2 is 1.93 bits per heavy atom. The highest BCUT2D eigenvalue weighted by atomic mass is 16.5. The molecule has 2 heteroatoms. The predicted octanol–water partition coefficient (Wildman–Crippen LogP) is 3.13. The summed E-state index contributed by atoms with van der Waals surface area (Å²) in [5.74, 6) is 0.179. The maximum absolute atomic E-state index is 11.4. The van der Waals surface area contributed by atoms with Crippen LogP contribution in [0, 0.1) is 0 Å². The molecule has 0 spiro atoms. The normalized spacial score (nSPS) is 12.1. The molecule has 1 aromatic carbocycles. The zero-order valence-electron chi connectivity index (χ0n) is 9.40. The first-order chi connectivity index (χ1) is 7.27. The summed E-state index contributed by atoms with van der Waals surface area (Å²) < 4.78 is 4.96. The van der Waals surface area contributed by atoms with E-state index >= 15 is 0 Å². The summed E-state index contributed by atoms with van der Waals surface area (Å²) in [6.07, 6.45) is 1.44. The molecular weight excluding hydrogens is 188 g/mol. The Morgan fingerprint density at radius 1 is 1.27 bits per heavy atom. The van der Waals surface area contributed by atoms with Crippen molar-refractivity contribution in [3.05, 3.63) is 35.9 Å². The van der Waals surface area contributed by atoms with Crippen LogP contribution in [-0.4, -0.2) is 12.6 Å². The number of benzene rings is 1. The van der Waals surface area contributed by atoms with E-state index in [4.69, 9.17) is 4.74 Å². The number of carbonyl (C=O) groups excluding carboxylic acids is 1. The second-order valence-corrected chi connectivity index (χ2v) is 3.53. The van der Waals surface area contributed by atoms with Gasteiger partial charge in [-0.15, -0.1) is 0 Å². The summed E-state index contributed by atoms with van der Waals surface area (Å²) in [6, 6.07) is 10.1. The number of carbonyl (C=O) groups is 1. The highest BCUT2D eigenvalue weighted by Gasteiger charge is 2.14. The van der Waals surface area contributed by atoms with Gasteiger partial charge in [0, 0.05) is 0 Å². The molecule has 1 aromatic rings. The minimum Gasteiger partial charge on any atom is -0.466 e. The van der Waals surface area contributed by atoms with Gasteiger partial charge in [0.1, 0.15) is 0 Å². The lowest BCUT2D eigenvalue weighted by atomic mass is 9.93. The standard InChI is InChI=1S/C13H18O2/c1-3-11(10-13(14)15-4-2)12-8-6-5-7-9-12/h5-9,11H,3-4,10H2,1-2H3. The molecule has 0 fully saturated rings. The first-order valence-electron chi connectivity index (χ1n) is 5.48. The summed E-state index contributed by atoms with van der Waals surface area (Å²) >= 11 is 0. The molecule has 0 aromatic heterocycles. The number of esters is 1. The van der Waals surface area contributed by atoms with E-state index in [1.165, 1.54) is 5.56 Å². The van der Waals surface area contributed by atoms with Gasteiger partial charge in [-0.2, -0.15) is 0 Å². The fourth-order valence-corrected chi connectivity index (χ4v) is 1.64. The second-order valence-electron chi connectivity index (χ2n) is 3.53. The lowest BCUT2D eigenvalue weighted by Gasteiger charge is -2.13. The Balaban J connectivity index is 2.61. The Morgan fingerprint density at radius 3 is 2.47 bits per heavy atom. The highest BCUT2D eigenvalue weighted by molar-refractivity contribution is 5.70. The number of hydrogen-bond donors (Lipinski definition) is 0. The van der Waals surface area contributed by atoms with Crippen LogP contribution in [-0.2, 0) is 9.53 Å². The number of ether oxygens (including phenoxy) is 1. The van der Waals surface area contributed by atoms with Crippen molar-refractivity contribution in [1.29, 1.82) is 0 Å². The topological polar surface area (TPSA) is 26.3 Å². The van der Waals surface area contributed by atoms with E-state index in [0.717, 1.165) is 6.42 Å². The van der Waals surface area contributed by atoms with Crippen LogP contribution in [0.4, 0.5) is 0 Å². The van der Waals surface area contributed by atoms with Crippen LogP contribution in [0.1, 0.15) is 38.2 Å². The van der Waals surface area contributed by atoms with E-state index in [0.29, 0.717) is 13.0 Å². The van der Waals surface area contributed by atoms with Gasteiger partial charge in [0.2, 0.25) is 0 Å². The molecule has 1 rings (SSSR count). The largest absolute Gasteiger partial charge is 0.466 e. The van der Waals surface area contributed by atoms with Gasteiger partial charge in [0.15, 0.2) is 0 Å². The molecule has 0 N–H and O–H groups in total. The third-order valence-corrected chi connectivity index (χ3v) is 2.48. The molecule has 15 heavy (non-hydrogen) atoms. The quantitative estimate of drug-likeness (QED) is 0.692. The van der Waals surface area contributed by atoms with E-state index in [2.05, 4.69) is 19.1 Å². The van der Waals surface area contributed by atoms with Gasteiger partial charge in [-0.1, -0.05) is 37.3 Å². The Hall–Kier alpha value is -1.31. The van der Waals surface area contributed by atoms with E-state index in [1.807, 2.05) is 25.1 Å². The molecule has 0 aliphatic heterocycles. The Labute approximate surface area is 91.3 Å². The molecule has 0 bridgehead atoms. The SMILES string of the molecule is CCOC(=O)CC(CC)c1ccccc1. The van der Waals surface area contributed by atoms with Crippen molar-refractivity contribution in [3.8, 4) is 0 Å². The molecule has 2 nitrogen and oxygen atoms in total. The molecule has 82 valence electrons. The summed E-state index contributed by atoms with van der Waals surface area (Å²) in [7, 11) is 0. The van der Waals surface area contributed by atoms with Crippen molar-refractivity contribution >= 4 is 5.97 Å². The summed E-state index contributed by atoms with van der Waals surface area (Å²) in [5, 5.41) is 0. The highest BCUT2D eigenvalue weighted by Crippen LogP contribution is 2.23. The molecule has 0 heterocycles. The second kappa shape index (κ2) is 6.23. The molecule has 0 saturated heterocycles. The van der Waals surface area contributed by atoms with Crippen LogP contribution in [0.2, 0.25) is 0 Å². The molecule has 1 atom stereocenters. The molecule has 0 aliphatic carbocycles. The zero-order valence-corrected chi connectivity index (χ0v) is 9.40. The third-order valence-electron chi connectivity index (χ3n) is 2.48. The minimum atomic E-state index is -0.104. The van der Waals surface area contributed by atoms with Gasteiger partial charge >= 0.3 is 5.97 Å². The predicted molar refractivity (Wildman–Crippen MR) is 60.7 cm³/mol. The van der Waals surface area contributed by atoms with E-state index in [-0.39, 0.29) is 11.9 Å². The maximum atomic E-state index is 11.4. The van der Waals surface area contributed by atoms with Crippen LogP contribution in [0.25, 0.3) is 0 Å². The average Bonchev–Trinajstić information content (AvgIpc) is 2.27. The van der Waals surface area contributed by atoms with Crippen molar-refractivity contribution in [2.75, 3.05) is 6.61 Å². The number of hydrogen-bond acceptors (Lipinski definition) is 2. The van der Waals surface area contributed by atoms with Gasteiger partial charge in [-0.3, -0.25) is 4.79 Å². The van der Waals surface area contributed by atoms with Crippen molar-refractivity contribution in [3.63, 3.8) is 0 Å². The zero-order chi connectivity index (χ0) is 11.1. The summed E-state index contributed by atoms with van der Waals surface area (Å²) in [4.78, 5) is 11.4. The van der Waals surface area contributed by atoms with Crippen molar-refractivity contribution in [1.82, 2.24) is 0 Å².